The average molecular weight is 324 g/mol. The first kappa shape index (κ1) is 16.7. The van der Waals surface area contributed by atoms with E-state index in [2.05, 4.69) is 48.0 Å². The predicted molar refractivity (Wildman–Crippen MR) is 93.9 cm³/mol. The Bertz CT molecular complexity index is 707. The number of pyridine rings is 1. The first-order chi connectivity index (χ1) is 11.6. The van der Waals surface area contributed by atoms with E-state index in [4.69, 9.17) is 0 Å². The first-order valence-electron chi connectivity index (χ1n) is 8.50. The SMILES string of the molecule is Cc1ccc(C(c2cccnc2)N2CCC(C(=O)O)CC2)c(C)c1. The standard InChI is InChI=1S/C20H24N2O2/c1-14-5-6-18(15(2)12-14)19(17-4-3-9-21-13-17)22-10-7-16(8-11-22)20(23)24/h3-6,9,12-13,16,19H,7-8,10-11H2,1-2H3,(H,23,24). The Morgan fingerprint density at radius 3 is 2.58 bits per heavy atom. The number of rotatable bonds is 4. The molecule has 2 aromatic rings. The van der Waals surface area contributed by atoms with Crippen LogP contribution in [0.1, 0.15) is 41.1 Å². The lowest BCUT2D eigenvalue weighted by Crippen LogP contribution is -2.39. The van der Waals surface area contributed by atoms with Gasteiger partial charge in [0.15, 0.2) is 0 Å². The van der Waals surface area contributed by atoms with Gasteiger partial charge in [-0.15, -0.1) is 0 Å². The fourth-order valence-corrected chi connectivity index (χ4v) is 3.66. The Morgan fingerprint density at radius 1 is 1.25 bits per heavy atom. The molecule has 0 aliphatic carbocycles. The normalized spacial score (nSPS) is 17.6. The van der Waals surface area contributed by atoms with Crippen molar-refractivity contribution < 1.29 is 9.90 Å². The lowest BCUT2D eigenvalue weighted by molar-refractivity contribution is -0.143. The minimum Gasteiger partial charge on any atom is -0.481 e. The molecular formula is C20H24N2O2. The maximum atomic E-state index is 11.2. The topological polar surface area (TPSA) is 53.4 Å². The molecule has 24 heavy (non-hydrogen) atoms. The summed E-state index contributed by atoms with van der Waals surface area (Å²) in [6.07, 6.45) is 5.13. The molecule has 0 saturated carbocycles. The fraction of sp³-hybridized carbons (Fsp3) is 0.400. The molecule has 4 heteroatoms. The zero-order valence-electron chi connectivity index (χ0n) is 14.3. The molecule has 1 aromatic heterocycles. The summed E-state index contributed by atoms with van der Waals surface area (Å²) in [6, 6.07) is 10.8. The van der Waals surface area contributed by atoms with Crippen LogP contribution in [0.25, 0.3) is 0 Å². The number of piperidine rings is 1. The van der Waals surface area contributed by atoms with E-state index in [-0.39, 0.29) is 12.0 Å². The average Bonchev–Trinajstić information content (AvgIpc) is 2.58. The van der Waals surface area contributed by atoms with Crippen LogP contribution in [0.15, 0.2) is 42.7 Å². The van der Waals surface area contributed by atoms with E-state index < -0.39 is 5.97 Å². The van der Waals surface area contributed by atoms with E-state index in [1.54, 1.807) is 6.20 Å². The molecule has 1 aliphatic rings. The molecule has 1 saturated heterocycles. The van der Waals surface area contributed by atoms with Crippen molar-refractivity contribution in [2.75, 3.05) is 13.1 Å². The van der Waals surface area contributed by atoms with Gasteiger partial charge in [-0.25, -0.2) is 0 Å². The van der Waals surface area contributed by atoms with E-state index in [1.165, 1.54) is 22.3 Å². The summed E-state index contributed by atoms with van der Waals surface area (Å²) in [5, 5.41) is 9.24. The number of hydrogen-bond acceptors (Lipinski definition) is 3. The van der Waals surface area contributed by atoms with E-state index in [0.717, 1.165) is 13.1 Å². The number of carboxylic acids is 1. The summed E-state index contributed by atoms with van der Waals surface area (Å²) < 4.78 is 0. The van der Waals surface area contributed by atoms with Crippen molar-refractivity contribution in [3.05, 3.63) is 65.0 Å². The monoisotopic (exact) mass is 324 g/mol. The Labute approximate surface area is 143 Å². The summed E-state index contributed by atoms with van der Waals surface area (Å²) in [5.74, 6) is -0.881. The third-order valence-corrected chi connectivity index (χ3v) is 4.96. The van der Waals surface area contributed by atoms with Crippen LogP contribution in [0.2, 0.25) is 0 Å². The molecule has 0 amide bonds. The van der Waals surface area contributed by atoms with Crippen molar-refractivity contribution in [3.63, 3.8) is 0 Å². The summed E-state index contributed by atoms with van der Waals surface area (Å²) in [4.78, 5) is 17.9. The number of nitrogens with zero attached hydrogens (tertiary/aromatic N) is 2. The highest BCUT2D eigenvalue weighted by molar-refractivity contribution is 5.70. The molecule has 126 valence electrons. The third-order valence-electron chi connectivity index (χ3n) is 4.96. The van der Waals surface area contributed by atoms with E-state index in [0.29, 0.717) is 12.8 Å². The highest BCUT2D eigenvalue weighted by atomic mass is 16.4. The number of benzene rings is 1. The van der Waals surface area contributed by atoms with Crippen LogP contribution < -0.4 is 0 Å². The molecule has 0 spiro atoms. The van der Waals surface area contributed by atoms with Crippen LogP contribution in [-0.2, 0) is 4.79 Å². The van der Waals surface area contributed by atoms with E-state index in [1.807, 2.05) is 12.3 Å². The second kappa shape index (κ2) is 7.14. The molecule has 1 aliphatic heterocycles. The summed E-state index contributed by atoms with van der Waals surface area (Å²) in [5.41, 5.74) is 4.97. The maximum Gasteiger partial charge on any atom is 0.306 e. The van der Waals surface area contributed by atoms with Crippen molar-refractivity contribution in [1.29, 1.82) is 0 Å². The molecule has 0 bridgehead atoms. The van der Waals surface area contributed by atoms with Gasteiger partial charge in [0.05, 0.1) is 12.0 Å². The highest BCUT2D eigenvalue weighted by Crippen LogP contribution is 2.34. The van der Waals surface area contributed by atoms with Gasteiger partial charge in [-0.05, 0) is 62.5 Å². The minimum atomic E-state index is -0.668. The molecule has 1 aromatic carbocycles. The summed E-state index contributed by atoms with van der Waals surface area (Å²) >= 11 is 0. The Morgan fingerprint density at radius 2 is 2.00 bits per heavy atom. The van der Waals surface area contributed by atoms with Gasteiger partial charge < -0.3 is 5.11 Å². The van der Waals surface area contributed by atoms with Gasteiger partial charge in [0, 0.05) is 12.4 Å². The van der Waals surface area contributed by atoms with E-state index in [9.17, 15) is 9.90 Å². The minimum absolute atomic E-state index is 0.133. The van der Waals surface area contributed by atoms with Gasteiger partial charge in [0.1, 0.15) is 0 Å². The van der Waals surface area contributed by atoms with Crippen molar-refractivity contribution >= 4 is 5.97 Å². The lowest BCUT2D eigenvalue weighted by atomic mass is 9.89. The van der Waals surface area contributed by atoms with E-state index >= 15 is 0 Å². The van der Waals surface area contributed by atoms with Crippen molar-refractivity contribution in [2.45, 2.75) is 32.7 Å². The molecule has 1 N–H and O–H groups in total. The number of hydrogen-bond donors (Lipinski definition) is 1. The smallest absolute Gasteiger partial charge is 0.306 e. The van der Waals surface area contributed by atoms with Crippen molar-refractivity contribution in [2.24, 2.45) is 5.92 Å². The number of aryl methyl sites for hydroxylation is 2. The number of aliphatic carboxylic acids is 1. The number of aromatic nitrogens is 1. The van der Waals surface area contributed by atoms with Crippen LogP contribution >= 0.6 is 0 Å². The molecular weight excluding hydrogens is 300 g/mol. The second-order valence-electron chi connectivity index (χ2n) is 6.70. The van der Waals surface area contributed by atoms with Gasteiger partial charge in [-0.2, -0.15) is 0 Å². The molecule has 1 unspecified atom stereocenters. The Balaban J connectivity index is 1.93. The van der Waals surface area contributed by atoms with Gasteiger partial charge in [-0.3, -0.25) is 14.7 Å². The number of likely N-dealkylation sites (tertiary alicyclic amines) is 1. The zero-order valence-corrected chi connectivity index (χ0v) is 14.3. The van der Waals surface area contributed by atoms with Crippen LogP contribution in [0.5, 0.6) is 0 Å². The Kier molecular flexibility index (Phi) is 4.95. The second-order valence-corrected chi connectivity index (χ2v) is 6.70. The largest absolute Gasteiger partial charge is 0.481 e. The van der Waals surface area contributed by atoms with Crippen molar-refractivity contribution in [3.8, 4) is 0 Å². The van der Waals surface area contributed by atoms with Crippen LogP contribution in [0.4, 0.5) is 0 Å². The summed E-state index contributed by atoms with van der Waals surface area (Å²) in [6.45, 7) is 5.84. The van der Waals surface area contributed by atoms with Gasteiger partial charge in [-0.1, -0.05) is 29.8 Å². The Hall–Kier alpha value is -2.20. The quantitative estimate of drug-likeness (QED) is 0.934. The number of carboxylic acid groups (broad SMARTS) is 1. The van der Waals surface area contributed by atoms with Gasteiger partial charge >= 0.3 is 5.97 Å². The predicted octanol–water partition coefficient (Wildman–Crippen LogP) is 3.58. The molecule has 1 atom stereocenters. The lowest BCUT2D eigenvalue weighted by Gasteiger charge is -2.37. The molecule has 2 heterocycles. The molecule has 0 radical (unpaired) electrons. The van der Waals surface area contributed by atoms with Crippen LogP contribution in [0.3, 0.4) is 0 Å². The zero-order chi connectivity index (χ0) is 17.1. The fourth-order valence-electron chi connectivity index (χ4n) is 3.66. The van der Waals surface area contributed by atoms with Crippen LogP contribution in [-0.4, -0.2) is 34.0 Å². The highest BCUT2D eigenvalue weighted by Gasteiger charge is 2.30. The molecule has 3 rings (SSSR count). The van der Waals surface area contributed by atoms with Gasteiger partial charge in [0.25, 0.3) is 0 Å². The van der Waals surface area contributed by atoms with Crippen molar-refractivity contribution in [1.82, 2.24) is 9.88 Å². The summed E-state index contributed by atoms with van der Waals surface area (Å²) in [7, 11) is 0. The molecule has 4 nitrogen and oxygen atoms in total. The third kappa shape index (κ3) is 3.49. The molecule has 1 fully saturated rings. The maximum absolute atomic E-state index is 11.2. The first-order valence-corrected chi connectivity index (χ1v) is 8.50. The van der Waals surface area contributed by atoms with Gasteiger partial charge in [0.2, 0.25) is 0 Å². The van der Waals surface area contributed by atoms with Crippen LogP contribution in [0, 0.1) is 19.8 Å². The number of carbonyl (C=O) groups is 1.